The third-order valence-corrected chi connectivity index (χ3v) is 7.07. The Morgan fingerprint density at radius 3 is 1.91 bits per heavy atom. The second kappa shape index (κ2) is 7.93. The molecule has 120 valence electrons. The van der Waals surface area contributed by atoms with E-state index in [4.69, 9.17) is 0 Å². The van der Waals surface area contributed by atoms with Crippen molar-refractivity contribution >= 4 is 17.8 Å². The number of H-pyrrole nitrogens is 1. The van der Waals surface area contributed by atoms with Crippen molar-refractivity contribution in [3.05, 3.63) is 78.9 Å². The number of imidazole rings is 1. The highest BCUT2D eigenvalue weighted by molar-refractivity contribution is 7.78. The number of hydrogen-bond acceptors (Lipinski definition) is 1. The van der Waals surface area contributed by atoms with Crippen LogP contribution in [0.4, 0.5) is 0 Å². The SMILES string of the molecule is Cc1[nH]cc[n+]1CCP(=O)(c1ccccc1)c1ccccc1.[I-]. The molecule has 0 aliphatic rings. The van der Waals surface area contributed by atoms with Crippen LogP contribution in [0.3, 0.4) is 0 Å². The third-order valence-electron chi connectivity index (χ3n) is 3.98. The van der Waals surface area contributed by atoms with Crippen LogP contribution in [-0.2, 0) is 11.1 Å². The van der Waals surface area contributed by atoms with E-state index in [1.165, 1.54) is 0 Å². The average molecular weight is 438 g/mol. The summed E-state index contributed by atoms with van der Waals surface area (Å²) in [6.07, 6.45) is 4.52. The smallest absolute Gasteiger partial charge is 0.251 e. The van der Waals surface area contributed by atoms with E-state index in [1.807, 2.05) is 80.0 Å². The van der Waals surface area contributed by atoms with Crippen molar-refractivity contribution in [1.29, 1.82) is 0 Å². The molecule has 0 saturated heterocycles. The van der Waals surface area contributed by atoms with Crippen molar-refractivity contribution in [2.75, 3.05) is 6.16 Å². The van der Waals surface area contributed by atoms with Gasteiger partial charge in [0.1, 0.15) is 19.5 Å². The van der Waals surface area contributed by atoms with Crippen LogP contribution < -0.4 is 39.2 Å². The molecule has 3 nitrogen and oxygen atoms in total. The Hall–Kier alpha value is -1.39. The normalized spacial score (nSPS) is 11.0. The van der Waals surface area contributed by atoms with Crippen molar-refractivity contribution in [3.8, 4) is 0 Å². The predicted molar refractivity (Wildman–Crippen MR) is 90.4 cm³/mol. The van der Waals surface area contributed by atoms with E-state index in [0.29, 0.717) is 6.16 Å². The fourth-order valence-corrected chi connectivity index (χ4v) is 5.30. The van der Waals surface area contributed by atoms with Gasteiger partial charge < -0.3 is 28.5 Å². The molecule has 1 heterocycles. The number of nitrogens with zero attached hydrogens (tertiary/aromatic N) is 1. The molecule has 0 radical (unpaired) electrons. The molecule has 0 saturated carbocycles. The summed E-state index contributed by atoms with van der Waals surface area (Å²) in [5.41, 5.74) is 0. The maximum Gasteiger partial charge on any atom is 0.251 e. The van der Waals surface area contributed by atoms with Gasteiger partial charge in [-0.05, 0) is 0 Å². The number of benzene rings is 2. The first-order valence-electron chi connectivity index (χ1n) is 7.44. The van der Waals surface area contributed by atoms with E-state index >= 15 is 0 Å². The minimum atomic E-state index is -2.62. The van der Waals surface area contributed by atoms with Crippen molar-refractivity contribution in [1.82, 2.24) is 4.98 Å². The summed E-state index contributed by atoms with van der Waals surface area (Å²) in [7, 11) is -2.62. The fraction of sp³-hybridized carbons (Fsp3) is 0.167. The highest BCUT2D eigenvalue weighted by Crippen LogP contribution is 2.42. The van der Waals surface area contributed by atoms with E-state index < -0.39 is 7.14 Å². The number of rotatable bonds is 5. The number of nitrogens with one attached hydrogen (secondary N) is 1. The van der Waals surface area contributed by atoms with Gasteiger partial charge in [0.2, 0.25) is 0 Å². The molecule has 0 bridgehead atoms. The van der Waals surface area contributed by atoms with Gasteiger partial charge in [0.05, 0.1) is 6.54 Å². The molecule has 5 heteroatoms. The lowest BCUT2D eigenvalue weighted by molar-refractivity contribution is -0.697. The topological polar surface area (TPSA) is 36.7 Å². The van der Waals surface area contributed by atoms with Crippen LogP contribution in [0.25, 0.3) is 0 Å². The fourth-order valence-electron chi connectivity index (χ4n) is 2.68. The Morgan fingerprint density at radius 1 is 0.957 bits per heavy atom. The summed E-state index contributed by atoms with van der Waals surface area (Å²) in [6.45, 7) is 2.76. The van der Waals surface area contributed by atoms with E-state index in [9.17, 15) is 4.57 Å². The van der Waals surface area contributed by atoms with Crippen molar-refractivity contribution < 1.29 is 33.1 Å². The Balaban J connectivity index is 0.00000192. The molecule has 2 aromatic carbocycles. The Labute approximate surface area is 154 Å². The van der Waals surface area contributed by atoms with E-state index in [2.05, 4.69) is 9.55 Å². The van der Waals surface area contributed by atoms with Gasteiger partial charge >= 0.3 is 0 Å². The predicted octanol–water partition coefficient (Wildman–Crippen LogP) is -0.371. The Kier molecular flexibility index (Phi) is 6.19. The summed E-state index contributed by atoms with van der Waals surface area (Å²) >= 11 is 0. The van der Waals surface area contributed by atoms with Gasteiger partial charge in [-0.15, -0.1) is 0 Å². The molecular weight excluding hydrogens is 418 g/mol. The van der Waals surface area contributed by atoms with Gasteiger partial charge in [-0.2, -0.15) is 0 Å². The molecule has 0 unspecified atom stereocenters. The third kappa shape index (κ3) is 3.93. The molecule has 0 fully saturated rings. The summed E-state index contributed by atoms with van der Waals surface area (Å²) < 4.78 is 15.9. The molecule has 0 spiro atoms. The quantitative estimate of drug-likeness (QED) is 0.330. The molecule has 23 heavy (non-hydrogen) atoms. The molecule has 0 aliphatic heterocycles. The molecule has 3 rings (SSSR count). The summed E-state index contributed by atoms with van der Waals surface area (Å²) in [5, 5.41) is 1.85. The average Bonchev–Trinajstić information content (AvgIpc) is 2.99. The summed E-state index contributed by atoms with van der Waals surface area (Å²) in [5.74, 6) is 1.08. The lowest BCUT2D eigenvalue weighted by Gasteiger charge is -2.18. The zero-order chi connectivity index (χ0) is 15.4. The number of aryl methyl sites for hydroxylation is 2. The molecule has 0 atom stereocenters. The minimum Gasteiger partial charge on any atom is -1.00 e. The van der Waals surface area contributed by atoms with Crippen LogP contribution in [-0.4, -0.2) is 11.1 Å². The standard InChI is InChI=1S/C18H19N2OP.HI/c1-16-19-12-13-20(16)14-15-22(21,17-8-4-2-5-9-17)18-10-6-3-7-11-18;/h2-13H,14-15H2,1H3;1H. The first-order valence-corrected chi connectivity index (χ1v) is 9.33. The summed E-state index contributed by atoms with van der Waals surface area (Å²) in [4.78, 5) is 3.16. The van der Waals surface area contributed by atoms with Gasteiger partial charge in [0.15, 0.2) is 0 Å². The van der Waals surface area contributed by atoms with E-state index in [1.54, 1.807) is 0 Å². The van der Waals surface area contributed by atoms with E-state index in [0.717, 1.165) is 23.0 Å². The first kappa shape index (κ1) is 18.0. The number of aromatic nitrogens is 2. The monoisotopic (exact) mass is 438 g/mol. The highest BCUT2D eigenvalue weighted by Gasteiger charge is 2.27. The van der Waals surface area contributed by atoms with Gasteiger partial charge in [-0.25, -0.2) is 9.55 Å². The van der Waals surface area contributed by atoms with Crippen LogP contribution in [0.5, 0.6) is 0 Å². The van der Waals surface area contributed by atoms with Crippen LogP contribution in [0.1, 0.15) is 5.82 Å². The zero-order valence-electron chi connectivity index (χ0n) is 13.0. The van der Waals surface area contributed by atoms with Crippen molar-refractivity contribution in [3.63, 3.8) is 0 Å². The lowest BCUT2D eigenvalue weighted by Crippen LogP contribution is -3.00. The Bertz CT molecular complexity index is 744. The zero-order valence-corrected chi connectivity index (χ0v) is 16.1. The molecular formula is C18H20IN2OP. The number of aromatic amines is 1. The maximum absolute atomic E-state index is 13.8. The van der Waals surface area contributed by atoms with Crippen LogP contribution >= 0.6 is 7.14 Å². The maximum atomic E-state index is 13.8. The largest absolute Gasteiger partial charge is 1.00 e. The van der Waals surface area contributed by atoms with Gasteiger partial charge in [0.25, 0.3) is 5.82 Å². The molecule has 0 amide bonds. The van der Waals surface area contributed by atoms with Gasteiger partial charge in [0, 0.05) is 23.7 Å². The van der Waals surface area contributed by atoms with Gasteiger partial charge in [-0.3, -0.25) is 0 Å². The van der Waals surface area contributed by atoms with Crippen LogP contribution in [0.2, 0.25) is 0 Å². The lowest BCUT2D eigenvalue weighted by atomic mass is 10.4. The van der Waals surface area contributed by atoms with E-state index in [-0.39, 0.29) is 24.0 Å². The molecule has 1 aromatic heterocycles. The molecule has 3 aromatic rings. The second-order valence-corrected chi connectivity index (χ2v) is 8.33. The molecule has 0 aliphatic carbocycles. The van der Waals surface area contributed by atoms with Crippen molar-refractivity contribution in [2.45, 2.75) is 13.5 Å². The second-order valence-electron chi connectivity index (χ2n) is 5.37. The van der Waals surface area contributed by atoms with Crippen LogP contribution in [0, 0.1) is 6.92 Å². The Morgan fingerprint density at radius 2 is 1.48 bits per heavy atom. The molecule has 1 N–H and O–H groups in total. The highest BCUT2D eigenvalue weighted by atomic mass is 127. The number of hydrogen-bond donors (Lipinski definition) is 1. The van der Waals surface area contributed by atoms with Gasteiger partial charge in [-0.1, -0.05) is 60.7 Å². The van der Waals surface area contributed by atoms with Crippen LogP contribution in [0.15, 0.2) is 73.1 Å². The minimum absolute atomic E-state index is 0. The first-order chi connectivity index (χ1) is 10.7. The van der Waals surface area contributed by atoms with Crippen molar-refractivity contribution in [2.24, 2.45) is 0 Å². The summed E-state index contributed by atoms with van der Waals surface area (Å²) in [6, 6.07) is 19.7. The number of halogens is 1.